The smallest absolute Gasteiger partial charge is 0.354 e. The third-order valence-corrected chi connectivity index (χ3v) is 5.61. The molecule has 0 saturated carbocycles. The van der Waals surface area contributed by atoms with Gasteiger partial charge >= 0.3 is 5.97 Å². The predicted molar refractivity (Wildman–Crippen MR) is 97.4 cm³/mol. The molecule has 1 heterocycles. The summed E-state index contributed by atoms with van der Waals surface area (Å²) in [6.45, 7) is 6.68. The standard InChI is InChI=1S/C17H24N2O5Si/c1-22-13-7-11(8-14(23-2)16(13)24-3)10-19-12(17(20)21)9-15(18-19)25(4,5)6/h7-9H,10H2,1-6H3,(H,20,21). The van der Waals surface area contributed by atoms with E-state index in [1.807, 2.05) is 0 Å². The molecule has 0 aliphatic rings. The summed E-state index contributed by atoms with van der Waals surface area (Å²) in [5.74, 6) is 0.539. The highest BCUT2D eigenvalue weighted by Crippen LogP contribution is 2.38. The lowest BCUT2D eigenvalue weighted by Crippen LogP contribution is -2.39. The molecule has 0 saturated heterocycles. The van der Waals surface area contributed by atoms with Gasteiger partial charge in [-0.15, -0.1) is 0 Å². The zero-order valence-electron chi connectivity index (χ0n) is 15.4. The number of carboxylic acid groups (broad SMARTS) is 1. The molecular weight excluding hydrogens is 340 g/mol. The number of nitrogens with zero attached hydrogens (tertiary/aromatic N) is 2. The Morgan fingerprint density at radius 2 is 1.64 bits per heavy atom. The molecule has 0 aliphatic heterocycles. The summed E-state index contributed by atoms with van der Waals surface area (Å²) in [7, 11) is 2.90. The van der Waals surface area contributed by atoms with Gasteiger partial charge in [-0.1, -0.05) is 19.6 Å². The molecule has 2 aromatic rings. The average Bonchev–Trinajstić information content (AvgIpc) is 2.98. The predicted octanol–water partition coefficient (Wildman–Crippen LogP) is 2.20. The molecule has 1 aromatic carbocycles. The van der Waals surface area contributed by atoms with Crippen molar-refractivity contribution in [1.82, 2.24) is 9.78 Å². The SMILES string of the molecule is COc1cc(Cn2nc([Si](C)(C)C)cc2C(=O)O)cc(OC)c1OC. The van der Waals surface area contributed by atoms with E-state index in [1.54, 1.807) is 32.4 Å². The third kappa shape index (κ3) is 3.96. The first kappa shape index (κ1) is 18.8. The number of rotatable bonds is 7. The lowest BCUT2D eigenvalue weighted by Gasteiger charge is -2.15. The van der Waals surface area contributed by atoms with E-state index in [0.717, 1.165) is 10.9 Å². The molecule has 0 radical (unpaired) electrons. The van der Waals surface area contributed by atoms with Crippen molar-refractivity contribution in [3.63, 3.8) is 0 Å². The van der Waals surface area contributed by atoms with Crippen molar-refractivity contribution >= 4 is 19.4 Å². The molecule has 8 heteroatoms. The van der Waals surface area contributed by atoms with Gasteiger partial charge in [0.05, 0.1) is 27.9 Å². The normalized spacial score (nSPS) is 11.3. The Balaban J connectivity index is 2.49. The van der Waals surface area contributed by atoms with Crippen LogP contribution in [0.15, 0.2) is 18.2 Å². The number of benzene rings is 1. The fourth-order valence-corrected chi connectivity index (χ4v) is 3.47. The number of aromatic nitrogens is 2. The van der Waals surface area contributed by atoms with Crippen molar-refractivity contribution in [2.24, 2.45) is 0 Å². The monoisotopic (exact) mass is 364 g/mol. The number of hydrogen-bond donors (Lipinski definition) is 1. The second kappa shape index (κ2) is 7.18. The number of hydrogen-bond acceptors (Lipinski definition) is 5. The molecule has 7 nitrogen and oxygen atoms in total. The fourth-order valence-electron chi connectivity index (χ4n) is 2.48. The van der Waals surface area contributed by atoms with E-state index < -0.39 is 14.0 Å². The van der Waals surface area contributed by atoms with E-state index >= 15 is 0 Å². The van der Waals surface area contributed by atoms with Crippen LogP contribution in [0.3, 0.4) is 0 Å². The first-order valence-corrected chi connectivity index (χ1v) is 11.3. The van der Waals surface area contributed by atoms with Crippen LogP contribution in [0, 0.1) is 0 Å². The molecule has 0 fully saturated rings. The topological polar surface area (TPSA) is 82.8 Å². The minimum atomic E-state index is -1.72. The highest BCUT2D eigenvalue weighted by molar-refractivity contribution is 6.88. The van der Waals surface area contributed by atoms with Crippen molar-refractivity contribution in [1.29, 1.82) is 0 Å². The minimum Gasteiger partial charge on any atom is -0.493 e. The summed E-state index contributed by atoms with van der Waals surface area (Å²) in [5, 5.41) is 14.9. The Morgan fingerprint density at radius 3 is 2.04 bits per heavy atom. The molecule has 0 amide bonds. The Hall–Kier alpha value is -2.48. The van der Waals surface area contributed by atoms with Gasteiger partial charge in [-0.05, 0) is 23.8 Å². The van der Waals surface area contributed by atoms with E-state index in [1.165, 1.54) is 11.8 Å². The van der Waals surface area contributed by atoms with Crippen molar-refractivity contribution in [2.75, 3.05) is 21.3 Å². The second-order valence-electron chi connectivity index (χ2n) is 6.66. The molecule has 1 aromatic heterocycles. The summed E-state index contributed by atoms with van der Waals surface area (Å²) >= 11 is 0. The Bertz CT molecular complexity index is 755. The van der Waals surface area contributed by atoms with Gasteiger partial charge in [0.25, 0.3) is 0 Å². The summed E-state index contributed by atoms with van der Waals surface area (Å²) in [6.07, 6.45) is 0. The zero-order chi connectivity index (χ0) is 18.8. The molecule has 25 heavy (non-hydrogen) atoms. The van der Waals surface area contributed by atoms with Gasteiger partial charge in [0.15, 0.2) is 11.5 Å². The Morgan fingerprint density at radius 1 is 1.08 bits per heavy atom. The summed E-state index contributed by atoms with van der Waals surface area (Å²) in [6, 6.07) is 5.26. The molecule has 1 N–H and O–H groups in total. The first-order chi connectivity index (χ1) is 11.7. The summed E-state index contributed by atoms with van der Waals surface area (Å²) in [4.78, 5) is 11.6. The largest absolute Gasteiger partial charge is 0.493 e. The number of aromatic carboxylic acids is 1. The summed E-state index contributed by atoms with van der Waals surface area (Å²) in [5.41, 5.74) is 0.980. The number of carboxylic acids is 1. The molecular formula is C17H24N2O5Si. The lowest BCUT2D eigenvalue weighted by molar-refractivity contribution is 0.0684. The van der Waals surface area contributed by atoms with Crippen LogP contribution in [0.25, 0.3) is 0 Å². The van der Waals surface area contributed by atoms with Crippen LogP contribution in [0.1, 0.15) is 16.1 Å². The van der Waals surface area contributed by atoms with Crippen molar-refractivity contribution in [3.8, 4) is 17.2 Å². The molecule has 0 spiro atoms. The Kier molecular flexibility index (Phi) is 5.41. The van der Waals surface area contributed by atoms with Crippen LogP contribution in [0.5, 0.6) is 17.2 Å². The van der Waals surface area contributed by atoms with Gasteiger partial charge in [0.1, 0.15) is 13.8 Å². The third-order valence-electron chi connectivity index (χ3n) is 3.82. The van der Waals surface area contributed by atoms with Gasteiger partial charge < -0.3 is 19.3 Å². The number of methoxy groups -OCH3 is 3. The van der Waals surface area contributed by atoms with Crippen molar-refractivity contribution < 1.29 is 24.1 Å². The van der Waals surface area contributed by atoms with Crippen LogP contribution >= 0.6 is 0 Å². The van der Waals surface area contributed by atoms with E-state index in [2.05, 4.69) is 24.7 Å². The maximum absolute atomic E-state index is 11.6. The van der Waals surface area contributed by atoms with Gasteiger partial charge in [-0.2, -0.15) is 5.10 Å². The molecule has 0 bridgehead atoms. The average molecular weight is 364 g/mol. The molecule has 0 unspecified atom stereocenters. The molecule has 0 aliphatic carbocycles. The highest BCUT2D eigenvalue weighted by atomic mass is 28.3. The fraction of sp³-hybridized carbons (Fsp3) is 0.412. The van der Waals surface area contributed by atoms with Crippen LogP contribution in [0.4, 0.5) is 0 Å². The number of carbonyl (C=O) groups is 1. The van der Waals surface area contributed by atoms with Crippen LogP contribution in [0.2, 0.25) is 19.6 Å². The maximum Gasteiger partial charge on any atom is 0.354 e. The molecule has 0 atom stereocenters. The van der Waals surface area contributed by atoms with E-state index in [9.17, 15) is 9.90 Å². The number of ether oxygens (including phenoxy) is 3. The van der Waals surface area contributed by atoms with Gasteiger partial charge in [0, 0.05) is 5.32 Å². The minimum absolute atomic E-state index is 0.172. The Labute approximate surface area is 148 Å². The van der Waals surface area contributed by atoms with E-state index in [0.29, 0.717) is 23.8 Å². The van der Waals surface area contributed by atoms with Gasteiger partial charge in [-0.3, -0.25) is 4.68 Å². The highest BCUT2D eigenvalue weighted by Gasteiger charge is 2.25. The maximum atomic E-state index is 11.6. The van der Waals surface area contributed by atoms with Crippen molar-refractivity contribution in [2.45, 2.75) is 26.2 Å². The second-order valence-corrected chi connectivity index (χ2v) is 11.7. The lowest BCUT2D eigenvalue weighted by atomic mass is 10.1. The van der Waals surface area contributed by atoms with E-state index in [-0.39, 0.29) is 5.69 Å². The van der Waals surface area contributed by atoms with Gasteiger partial charge in [-0.25, -0.2) is 4.79 Å². The quantitative estimate of drug-likeness (QED) is 0.759. The van der Waals surface area contributed by atoms with Crippen LogP contribution in [-0.2, 0) is 6.54 Å². The van der Waals surface area contributed by atoms with Crippen LogP contribution in [-0.4, -0.2) is 50.3 Å². The van der Waals surface area contributed by atoms with Gasteiger partial charge in [0.2, 0.25) is 5.75 Å². The molecule has 2 rings (SSSR count). The van der Waals surface area contributed by atoms with E-state index in [4.69, 9.17) is 14.2 Å². The first-order valence-electron chi connectivity index (χ1n) is 7.81. The molecule has 136 valence electrons. The van der Waals surface area contributed by atoms with Crippen molar-refractivity contribution in [3.05, 3.63) is 29.5 Å². The zero-order valence-corrected chi connectivity index (χ0v) is 16.4. The summed E-state index contributed by atoms with van der Waals surface area (Å²) < 4.78 is 17.5. The van der Waals surface area contributed by atoms with Crippen LogP contribution < -0.4 is 19.5 Å².